The van der Waals surface area contributed by atoms with Crippen LogP contribution in [-0.4, -0.2) is 54.6 Å². The quantitative estimate of drug-likeness (QED) is 0.602. The van der Waals surface area contributed by atoms with Gasteiger partial charge in [0.1, 0.15) is 6.61 Å². The van der Waals surface area contributed by atoms with Gasteiger partial charge in [-0.1, -0.05) is 18.2 Å². The summed E-state index contributed by atoms with van der Waals surface area (Å²) >= 11 is 0. The first kappa shape index (κ1) is 16.1. The van der Waals surface area contributed by atoms with E-state index in [9.17, 15) is 9.59 Å². The van der Waals surface area contributed by atoms with Crippen molar-refractivity contribution >= 4 is 32.7 Å². The summed E-state index contributed by atoms with van der Waals surface area (Å²) in [7, 11) is 2.42. The lowest BCUT2D eigenvalue weighted by molar-refractivity contribution is 0.0459. The molecule has 0 spiro atoms. The molecule has 0 unspecified atom stereocenters. The number of esters is 1. The average molecular weight is 351 g/mol. The molecule has 1 aromatic heterocycles. The fourth-order valence-corrected chi connectivity index (χ4v) is 3.89. The van der Waals surface area contributed by atoms with Crippen LogP contribution in [0.4, 0.5) is 5.82 Å². The number of rotatable bonds is 5. The van der Waals surface area contributed by atoms with Crippen molar-refractivity contribution in [1.82, 2.24) is 9.27 Å². The Labute approximate surface area is 141 Å². The second-order valence-electron chi connectivity index (χ2n) is 5.19. The number of benzene rings is 1. The van der Waals surface area contributed by atoms with Crippen molar-refractivity contribution in [2.75, 3.05) is 44.2 Å². The number of hydrogen-bond donors (Lipinski definition) is 0. The molecular formula is C15H17N3O3S2. The molecule has 1 aliphatic rings. The van der Waals surface area contributed by atoms with Crippen molar-refractivity contribution in [3.8, 4) is 0 Å². The third-order valence-electron chi connectivity index (χ3n) is 3.74. The monoisotopic (exact) mass is 351 g/mol. The zero-order chi connectivity index (χ0) is 16.1. The number of carbonyl (C=O) groups is 1. The lowest BCUT2D eigenvalue weighted by atomic mass is 10.2. The van der Waals surface area contributed by atoms with Crippen LogP contribution in [0.5, 0.6) is 0 Å². The Morgan fingerprint density at radius 2 is 1.91 bits per heavy atom. The number of ether oxygens (including phenoxy) is 1. The highest BCUT2D eigenvalue weighted by Crippen LogP contribution is 2.13. The molecule has 1 saturated heterocycles. The lowest BCUT2D eigenvalue weighted by Crippen LogP contribution is -2.48. The van der Waals surface area contributed by atoms with Gasteiger partial charge in [0.05, 0.1) is 5.56 Å². The van der Waals surface area contributed by atoms with E-state index in [0.717, 1.165) is 26.2 Å². The van der Waals surface area contributed by atoms with Crippen molar-refractivity contribution in [2.24, 2.45) is 0 Å². The van der Waals surface area contributed by atoms with Crippen molar-refractivity contribution in [3.05, 3.63) is 45.4 Å². The van der Waals surface area contributed by atoms with E-state index >= 15 is 0 Å². The molecule has 0 N–H and O–H groups in total. The van der Waals surface area contributed by atoms with E-state index in [1.165, 1.54) is 20.9 Å². The van der Waals surface area contributed by atoms with Crippen LogP contribution in [0.3, 0.4) is 0 Å². The van der Waals surface area contributed by atoms with E-state index in [4.69, 9.17) is 4.74 Å². The summed E-state index contributed by atoms with van der Waals surface area (Å²) in [6.45, 7) is 4.31. The van der Waals surface area contributed by atoms with E-state index < -0.39 is 0 Å². The van der Waals surface area contributed by atoms with Crippen molar-refractivity contribution in [1.29, 1.82) is 0 Å². The third kappa shape index (κ3) is 4.15. The van der Waals surface area contributed by atoms with Crippen LogP contribution in [0.15, 0.2) is 35.1 Å². The lowest BCUT2D eigenvalue weighted by Gasteiger charge is -2.34. The minimum atomic E-state index is -0.288. The van der Waals surface area contributed by atoms with Crippen LogP contribution < -0.4 is 9.64 Å². The van der Waals surface area contributed by atoms with Crippen LogP contribution in [0, 0.1) is 0 Å². The van der Waals surface area contributed by atoms with Crippen LogP contribution in [0.2, 0.25) is 0 Å². The molecule has 2 aromatic rings. The molecule has 0 aliphatic carbocycles. The molecule has 6 nitrogen and oxygen atoms in total. The molecule has 1 aromatic carbocycles. The first-order valence-electron chi connectivity index (χ1n) is 7.39. The van der Waals surface area contributed by atoms with Gasteiger partial charge in [-0.05, 0) is 22.5 Å². The minimum Gasteiger partial charge on any atom is -0.461 e. The van der Waals surface area contributed by atoms with Crippen LogP contribution in [0.1, 0.15) is 10.4 Å². The number of nitrogens with zero attached hydrogens (tertiary/aromatic N) is 3. The molecule has 0 bridgehead atoms. The van der Waals surface area contributed by atoms with Crippen molar-refractivity contribution in [3.63, 3.8) is 0 Å². The molecule has 2 heterocycles. The van der Waals surface area contributed by atoms with Crippen molar-refractivity contribution in [2.45, 2.75) is 0 Å². The van der Waals surface area contributed by atoms with Crippen LogP contribution in [-0.2, 0) is 4.74 Å². The highest BCUT2D eigenvalue weighted by Gasteiger charge is 2.20. The van der Waals surface area contributed by atoms with Crippen molar-refractivity contribution < 1.29 is 9.53 Å². The number of aromatic nitrogens is 1. The Bertz CT molecular complexity index is 693. The topological polar surface area (TPSA) is 62.7 Å². The zero-order valence-electron chi connectivity index (χ0n) is 12.5. The summed E-state index contributed by atoms with van der Waals surface area (Å²) in [6, 6.07) is 9.00. The second kappa shape index (κ2) is 7.67. The Hall–Kier alpha value is -1.77. The number of carbonyl (C=O) groups excluding carboxylic acids is 1. The predicted molar refractivity (Wildman–Crippen MR) is 91.6 cm³/mol. The largest absolute Gasteiger partial charge is 0.461 e. The molecule has 0 radical (unpaired) electrons. The molecule has 1 aliphatic heterocycles. The molecule has 0 amide bonds. The van der Waals surface area contributed by atoms with Gasteiger partial charge in [0.2, 0.25) is 5.82 Å². The Morgan fingerprint density at radius 1 is 1.17 bits per heavy atom. The van der Waals surface area contributed by atoms with Gasteiger partial charge in [-0.25, -0.2) is 4.79 Å². The molecule has 1 fully saturated rings. The molecule has 3 rings (SSSR count). The van der Waals surface area contributed by atoms with Crippen LogP contribution in [0.25, 0.3) is 0 Å². The second-order valence-corrected chi connectivity index (χ2v) is 7.01. The van der Waals surface area contributed by atoms with Gasteiger partial charge >= 0.3 is 5.97 Å². The summed E-state index contributed by atoms with van der Waals surface area (Å²) in [4.78, 5) is 27.7. The standard InChI is InChI=1S/C15H17N3O3S2/c19-14(12-4-2-1-3-5-12)21-11-10-17-6-8-18(9-7-17)13-15(20)22-23-16-13/h1-5H,6-11H2. The van der Waals surface area contributed by atoms with Gasteiger partial charge in [0.15, 0.2) is 0 Å². The summed E-state index contributed by atoms with van der Waals surface area (Å²) in [5.74, 6) is 0.291. The zero-order valence-corrected chi connectivity index (χ0v) is 14.1. The summed E-state index contributed by atoms with van der Waals surface area (Å²) in [6.07, 6.45) is 0. The van der Waals surface area contributed by atoms with Crippen LogP contribution >= 0.6 is 20.9 Å². The maximum atomic E-state index is 11.8. The predicted octanol–water partition coefficient (Wildman–Crippen LogP) is 1.54. The molecule has 0 atom stereocenters. The minimum absolute atomic E-state index is 0.0419. The first-order chi connectivity index (χ1) is 11.2. The van der Waals surface area contributed by atoms with E-state index in [-0.39, 0.29) is 10.7 Å². The van der Waals surface area contributed by atoms with Gasteiger partial charge in [0.25, 0.3) is 4.74 Å². The third-order valence-corrected chi connectivity index (χ3v) is 5.30. The Balaban J connectivity index is 1.40. The average Bonchev–Trinajstić information content (AvgIpc) is 3.02. The molecular weight excluding hydrogens is 334 g/mol. The number of hydrogen-bond acceptors (Lipinski definition) is 8. The Kier molecular flexibility index (Phi) is 5.37. The highest BCUT2D eigenvalue weighted by molar-refractivity contribution is 7.66. The van der Waals surface area contributed by atoms with Gasteiger partial charge < -0.3 is 9.64 Å². The van der Waals surface area contributed by atoms with E-state index in [1.54, 1.807) is 12.1 Å². The first-order valence-corrected chi connectivity index (χ1v) is 9.50. The number of piperazine rings is 1. The van der Waals surface area contributed by atoms with E-state index in [2.05, 4.69) is 9.27 Å². The molecule has 23 heavy (non-hydrogen) atoms. The molecule has 122 valence electrons. The van der Waals surface area contributed by atoms with Gasteiger partial charge in [-0.2, -0.15) is 4.37 Å². The summed E-state index contributed by atoms with van der Waals surface area (Å²) in [5, 5.41) is 0. The Morgan fingerprint density at radius 3 is 2.57 bits per heavy atom. The SMILES string of the molecule is O=C(OCCN1CCN(c2nssc2=O)CC1)c1ccccc1. The summed E-state index contributed by atoms with van der Waals surface area (Å²) < 4.78 is 9.51. The molecule has 0 saturated carbocycles. The number of anilines is 1. The van der Waals surface area contributed by atoms with Gasteiger partial charge in [-0.15, -0.1) is 0 Å². The van der Waals surface area contributed by atoms with E-state index in [0.29, 0.717) is 24.5 Å². The van der Waals surface area contributed by atoms with E-state index in [1.807, 2.05) is 23.1 Å². The fourth-order valence-electron chi connectivity index (χ4n) is 2.46. The van der Waals surface area contributed by atoms with Gasteiger partial charge in [0, 0.05) is 43.3 Å². The smallest absolute Gasteiger partial charge is 0.338 e. The molecule has 8 heteroatoms. The summed E-state index contributed by atoms with van der Waals surface area (Å²) in [5.41, 5.74) is 0.574. The van der Waals surface area contributed by atoms with Gasteiger partial charge in [-0.3, -0.25) is 9.69 Å². The maximum Gasteiger partial charge on any atom is 0.338 e. The normalized spacial score (nSPS) is 15.6. The highest BCUT2D eigenvalue weighted by atomic mass is 32.9. The maximum absolute atomic E-state index is 11.8. The fraction of sp³-hybridized carbons (Fsp3) is 0.400.